The van der Waals surface area contributed by atoms with E-state index in [2.05, 4.69) is 5.32 Å². The van der Waals surface area contributed by atoms with E-state index in [1.165, 1.54) is 6.07 Å². The van der Waals surface area contributed by atoms with Gasteiger partial charge in [0.2, 0.25) is 0 Å². The molecule has 4 N–H and O–H groups in total. The molecule has 0 fully saturated rings. The molecule has 0 radical (unpaired) electrons. The first-order valence-corrected chi connectivity index (χ1v) is 6.09. The van der Waals surface area contributed by atoms with Crippen LogP contribution in [-0.4, -0.2) is 29.3 Å². The molecule has 0 amide bonds. The highest BCUT2D eigenvalue weighted by molar-refractivity contribution is 7.80. The van der Waals surface area contributed by atoms with Gasteiger partial charge in [0.1, 0.15) is 0 Å². The zero-order chi connectivity index (χ0) is 13.7. The second kappa shape index (κ2) is 6.20. The van der Waals surface area contributed by atoms with Crippen molar-refractivity contribution in [3.8, 4) is 0 Å². The summed E-state index contributed by atoms with van der Waals surface area (Å²) < 4.78 is 0. The molecule has 0 bridgehead atoms. The number of carboxylic acid groups (broad SMARTS) is 1. The van der Waals surface area contributed by atoms with Crippen LogP contribution in [0, 0.1) is 0 Å². The van der Waals surface area contributed by atoms with Crippen molar-refractivity contribution in [1.82, 2.24) is 0 Å². The Labute approximate surface area is 112 Å². The number of nitrogens with zero attached hydrogens (tertiary/aromatic N) is 1. The number of anilines is 2. The predicted octanol–water partition coefficient (Wildman–Crippen LogP) is 1.89. The van der Waals surface area contributed by atoms with Crippen molar-refractivity contribution < 1.29 is 9.90 Å². The van der Waals surface area contributed by atoms with Gasteiger partial charge < -0.3 is 21.1 Å². The molecule has 0 aliphatic carbocycles. The van der Waals surface area contributed by atoms with E-state index in [0.717, 1.165) is 13.1 Å². The maximum atomic E-state index is 11.3. The summed E-state index contributed by atoms with van der Waals surface area (Å²) in [6.07, 6.45) is 0. The Hall–Kier alpha value is -1.82. The van der Waals surface area contributed by atoms with Gasteiger partial charge in [-0.1, -0.05) is 0 Å². The van der Waals surface area contributed by atoms with Gasteiger partial charge in [-0.2, -0.15) is 0 Å². The van der Waals surface area contributed by atoms with E-state index in [0.29, 0.717) is 11.4 Å². The average Bonchev–Trinajstić information content (AvgIpc) is 2.31. The fourth-order valence-corrected chi connectivity index (χ4v) is 1.89. The third-order valence-corrected chi connectivity index (χ3v) is 2.70. The van der Waals surface area contributed by atoms with Gasteiger partial charge in [0.05, 0.1) is 11.3 Å². The summed E-state index contributed by atoms with van der Waals surface area (Å²) in [6.45, 7) is 5.46. The maximum Gasteiger partial charge on any atom is 0.337 e. The largest absolute Gasteiger partial charge is 0.478 e. The van der Waals surface area contributed by atoms with Crippen molar-refractivity contribution in [2.75, 3.05) is 23.3 Å². The topological polar surface area (TPSA) is 78.6 Å². The van der Waals surface area contributed by atoms with Crippen LogP contribution in [0.1, 0.15) is 24.2 Å². The number of aromatic carboxylic acids is 1. The van der Waals surface area contributed by atoms with E-state index < -0.39 is 5.97 Å². The number of carbonyl (C=O) groups is 1. The van der Waals surface area contributed by atoms with Gasteiger partial charge >= 0.3 is 5.97 Å². The molecule has 98 valence electrons. The molecular weight excluding hydrogens is 250 g/mol. The number of hydrogen-bond donors (Lipinski definition) is 3. The first-order valence-electron chi connectivity index (χ1n) is 5.68. The summed E-state index contributed by atoms with van der Waals surface area (Å²) >= 11 is 4.73. The lowest BCUT2D eigenvalue weighted by Gasteiger charge is -2.23. The van der Waals surface area contributed by atoms with Gasteiger partial charge in [0.15, 0.2) is 5.11 Å². The molecule has 1 aromatic rings. The zero-order valence-electron chi connectivity index (χ0n) is 10.4. The Morgan fingerprint density at radius 1 is 1.44 bits per heavy atom. The minimum Gasteiger partial charge on any atom is -0.478 e. The van der Waals surface area contributed by atoms with E-state index in [-0.39, 0.29) is 10.7 Å². The second-order valence-electron chi connectivity index (χ2n) is 3.70. The van der Waals surface area contributed by atoms with Gasteiger partial charge in [0.25, 0.3) is 0 Å². The lowest BCUT2D eigenvalue weighted by molar-refractivity contribution is 0.0697. The first-order chi connectivity index (χ1) is 8.49. The number of benzene rings is 1. The molecule has 0 saturated carbocycles. The molecule has 5 nitrogen and oxygen atoms in total. The molecule has 0 unspecified atom stereocenters. The van der Waals surface area contributed by atoms with Crippen molar-refractivity contribution in [3.05, 3.63) is 23.8 Å². The van der Waals surface area contributed by atoms with Crippen molar-refractivity contribution in [2.45, 2.75) is 13.8 Å². The number of rotatable bonds is 5. The normalized spacial score (nSPS) is 9.89. The second-order valence-corrected chi connectivity index (χ2v) is 4.14. The van der Waals surface area contributed by atoms with Crippen LogP contribution in [0.2, 0.25) is 0 Å². The highest BCUT2D eigenvalue weighted by Gasteiger charge is 2.15. The maximum absolute atomic E-state index is 11.3. The summed E-state index contributed by atoms with van der Waals surface area (Å²) in [4.78, 5) is 13.3. The first kappa shape index (κ1) is 14.2. The molecule has 1 rings (SSSR count). The highest BCUT2D eigenvalue weighted by atomic mass is 32.1. The Bertz CT molecular complexity index is 459. The summed E-state index contributed by atoms with van der Waals surface area (Å²) in [5, 5.41) is 12.1. The van der Waals surface area contributed by atoms with Crippen molar-refractivity contribution in [3.63, 3.8) is 0 Å². The molecule has 0 heterocycles. The molecule has 1 aromatic carbocycles. The fraction of sp³-hybridized carbons (Fsp3) is 0.333. The average molecular weight is 267 g/mol. The number of nitrogens with two attached hydrogens (primary N) is 1. The minimum atomic E-state index is -0.969. The summed E-state index contributed by atoms with van der Waals surface area (Å²) in [7, 11) is 0. The Kier molecular flexibility index (Phi) is 4.91. The van der Waals surface area contributed by atoms with Gasteiger partial charge in [-0.05, 0) is 44.3 Å². The fourth-order valence-electron chi connectivity index (χ4n) is 1.77. The molecule has 18 heavy (non-hydrogen) atoms. The number of thiocarbonyl (C=S) groups is 1. The van der Waals surface area contributed by atoms with E-state index in [9.17, 15) is 9.90 Å². The minimum absolute atomic E-state index is 0.113. The van der Waals surface area contributed by atoms with Gasteiger partial charge in [0, 0.05) is 18.8 Å². The quantitative estimate of drug-likeness (QED) is 0.707. The lowest BCUT2D eigenvalue weighted by Crippen LogP contribution is -2.24. The van der Waals surface area contributed by atoms with Crippen molar-refractivity contribution in [1.29, 1.82) is 0 Å². The van der Waals surface area contributed by atoms with Crippen LogP contribution in [0.25, 0.3) is 0 Å². The number of nitrogens with one attached hydrogen (secondary N) is 1. The van der Waals surface area contributed by atoms with E-state index in [1.807, 2.05) is 18.7 Å². The van der Waals surface area contributed by atoms with Crippen molar-refractivity contribution in [2.24, 2.45) is 5.73 Å². The third-order valence-electron chi connectivity index (χ3n) is 2.60. The van der Waals surface area contributed by atoms with Crippen LogP contribution >= 0.6 is 12.2 Å². The van der Waals surface area contributed by atoms with E-state index >= 15 is 0 Å². The van der Waals surface area contributed by atoms with Crippen LogP contribution in [0.15, 0.2) is 18.2 Å². The molecule has 0 aromatic heterocycles. The van der Waals surface area contributed by atoms with E-state index in [4.69, 9.17) is 18.0 Å². The summed E-state index contributed by atoms with van der Waals surface area (Å²) in [5.74, 6) is -0.969. The Morgan fingerprint density at radius 2 is 2.06 bits per heavy atom. The molecule has 0 spiro atoms. The van der Waals surface area contributed by atoms with Crippen LogP contribution in [0.3, 0.4) is 0 Å². The van der Waals surface area contributed by atoms with Crippen LogP contribution in [0.4, 0.5) is 11.4 Å². The molecule has 0 aliphatic heterocycles. The molecular formula is C12H17N3O2S. The SMILES string of the molecule is CCN(CC)c1ccc(NC(N)=S)cc1C(=O)O. The molecule has 0 saturated heterocycles. The molecule has 6 heteroatoms. The standard InChI is InChI=1S/C12H17N3O2S/c1-3-15(4-2)10-6-5-8(14-12(13)18)7-9(10)11(16)17/h5-7H,3-4H2,1-2H3,(H,16,17)(H3,13,14,18). The third kappa shape index (κ3) is 3.33. The van der Waals surface area contributed by atoms with Gasteiger partial charge in [-0.15, -0.1) is 0 Å². The molecule has 0 aliphatic rings. The number of hydrogen-bond acceptors (Lipinski definition) is 3. The summed E-state index contributed by atoms with van der Waals surface area (Å²) in [6, 6.07) is 5.06. The van der Waals surface area contributed by atoms with Crippen LogP contribution in [-0.2, 0) is 0 Å². The highest BCUT2D eigenvalue weighted by Crippen LogP contribution is 2.24. The predicted molar refractivity (Wildman–Crippen MR) is 77.4 cm³/mol. The zero-order valence-corrected chi connectivity index (χ0v) is 11.3. The van der Waals surface area contributed by atoms with Crippen LogP contribution < -0.4 is 16.0 Å². The monoisotopic (exact) mass is 267 g/mol. The smallest absolute Gasteiger partial charge is 0.337 e. The van der Waals surface area contributed by atoms with E-state index in [1.54, 1.807) is 12.1 Å². The van der Waals surface area contributed by atoms with Gasteiger partial charge in [-0.3, -0.25) is 0 Å². The Balaban J connectivity index is 3.19. The van der Waals surface area contributed by atoms with Crippen molar-refractivity contribution >= 4 is 34.7 Å². The van der Waals surface area contributed by atoms with Gasteiger partial charge in [-0.25, -0.2) is 4.79 Å². The van der Waals surface area contributed by atoms with Crippen LogP contribution in [0.5, 0.6) is 0 Å². The Morgan fingerprint density at radius 3 is 2.50 bits per heavy atom. The summed E-state index contributed by atoms with van der Waals surface area (Å²) in [5.41, 5.74) is 6.87. The lowest BCUT2D eigenvalue weighted by atomic mass is 10.1. The molecule has 0 atom stereocenters. The number of carboxylic acids is 1.